The van der Waals surface area contributed by atoms with E-state index in [0.29, 0.717) is 25.0 Å². The van der Waals surface area contributed by atoms with E-state index in [1.807, 2.05) is 58.1 Å². The number of anilines is 1. The van der Waals surface area contributed by atoms with Crippen LogP contribution in [0.4, 0.5) is 10.5 Å². The number of ether oxygens (including phenoxy) is 3. The Hall–Kier alpha value is -3.55. The largest absolute Gasteiger partial charge is 0.496 e. The zero-order chi connectivity index (χ0) is 36.0. The van der Waals surface area contributed by atoms with Crippen LogP contribution >= 0.6 is 12.6 Å². The van der Waals surface area contributed by atoms with Gasteiger partial charge in [0.1, 0.15) is 23.6 Å². The summed E-state index contributed by atoms with van der Waals surface area (Å²) in [6.45, 7) is 9.43. The number of allylic oxidation sites excluding steroid dienone is 3. The van der Waals surface area contributed by atoms with Crippen LogP contribution in [-0.4, -0.2) is 95.5 Å². The van der Waals surface area contributed by atoms with Crippen molar-refractivity contribution in [2.24, 2.45) is 5.92 Å². The second kappa shape index (κ2) is 16.2. The molecule has 3 N–H and O–H groups in total. The number of rotatable bonds is 5. The van der Waals surface area contributed by atoms with Gasteiger partial charge in [0.25, 0.3) is 0 Å². The number of thiol groups is 1. The van der Waals surface area contributed by atoms with Gasteiger partial charge in [-0.05, 0) is 64.0 Å². The Balaban J connectivity index is 0.000000444. The van der Waals surface area contributed by atoms with Gasteiger partial charge in [0.05, 0.1) is 24.5 Å². The number of nitrogens with zero attached hydrogens (tertiary/aromatic N) is 2. The van der Waals surface area contributed by atoms with Crippen molar-refractivity contribution < 1.29 is 43.6 Å². The molecule has 4 rings (SSSR count). The Bertz CT molecular complexity index is 1430. The highest BCUT2D eigenvalue weighted by Crippen LogP contribution is 2.47. The molecule has 6 atom stereocenters. The van der Waals surface area contributed by atoms with Gasteiger partial charge in [-0.1, -0.05) is 30.7 Å². The molecule has 12 nitrogen and oxygen atoms in total. The molecule has 3 heterocycles. The summed E-state index contributed by atoms with van der Waals surface area (Å²) in [5.74, 6) is -0.138. The number of likely N-dealkylation sites (N-methyl/N-ethyl adjacent to an activating group) is 1. The summed E-state index contributed by atoms with van der Waals surface area (Å²) in [6.07, 6.45) is 6.81. The van der Waals surface area contributed by atoms with Gasteiger partial charge >= 0.3 is 12.1 Å². The maximum absolute atomic E-state index is 13.2. The summed E-state index contributed by atoms with van der Waals surface area (Å²) in [6, 6.07) is 3.29. The number of hydrogen-bond acceptors (Lipinski definition) is 9. The minimum absolute atomic E-state index is 0.00351. The number of carbonyl (C=O) groups excluding carboxylic acids is 3. The van der Waals surface area contributed by atoms with E-state index in [4.69, 9.17) is 19.3 Å². The van der Waals surface area contributed by atoms with Crippen LogP contribution in [0.25, 0.3) is 0 Å². The van der Waals surface area contributed by atoms with Gasteiger partial charge in [0.15, 0.2) is 0 Å². The lowest BCUT2D eigenvalue weighted by atomic mass is 9.85. The number of aliphatic carboxylic acids is 1. The van der Waals surface area contributed by atoms with Crippen molar-refractivity contribution in [3.05, 3.63) is 47.1 Å². The maximum atomic E-state index is 13.2. The summed E-state index contributed by atoms with van der Waals surface area (Å²) >= 11 is 3.88. The summed E-state index contributed by atoms with van der Waals surface area (Å²) in [5, 5.41) is 22.2. The standard InChI is InChI=1S/C28H38N2O6.C7H13NO3S/c1-17-9-7-8-11-28(33)16-23(35-26(32)29-28)19(3)25-27(4,36-25)12-10-24(31)30(5)21-14-20(13-17)15-22(34-6)18(21)2;1-5(7(10)11)8(2)6(9)3-4-12/h7-9,14-15,19,23,25,33H,10-13,16H2,1-6H3,(H,29,32);5,12H,3-4H2,1-2H3,(H,10,11)/b8-7+,17-9+;/t19-,23+,25+,27+,28-;5-/m10/s1. The van der Waals surface area contributed by atoms with Gasteiger partial charge in [-0.25, -0.2) is 9.59 Å². The van der Waals surface area contributed by atoms with Gasteiger partial charge in [-0.3, -0.25) is 14.9 Å². The van der Waals surface area contributed by atoms with E-state index in [1.165, 1.54) is 18.9 Å². The zero-order valence-electron chi connectivity index (χ0n) is 29.2. The average Bonchev–Trinajstić information content (AvgIpc) is 3.71. The summed E-state index contributed by atoms with van der Waals surface area (Å²) < 4.78 is 17.2. The number of hydrogen-bond donors (Lipinski definition) is 4. The molecule has 1 aromatic carbocycles. The number of methoxy groups -OCH3 is 1. The van der Waals surface area contributed by atoms with Crippen molar-refractivity contribution in [2.75, 3.05) is 31.9 Å². The Labute approximate surface area is 288 Å². The first-order valence-corrected chi connectivity index (χ1v) is 16.8. The monoisotopic (exact) mass is 689 g/mol. The third kappa shape index (κ3) is 9.76. The van der Waals surface area contributed by atoms with Crippen LogP contribution in [-0.2, 0) is 30.3 Å². The quantitative estimate of drug-likeness (QED) is 0.260. The van der Waals surface area contributed by atoms with Crippen molar-refractivity contribution in [1.29, 1.82) is 0 Å². The van der Waals surface area contributed by atoms with E-state index in [2.05, 4.69) is 17.9 Å². The highest BCUT2D eigenvalue weighted by atomic mass is 32.1. The summed E-state index contributed by atoms with van der Waals surface area (Å²) in [4.78, 5) is 49.9. The van der Waals surface area contributed by atoms with Gasteiger partial charge in [-0.2, -0.15) is 12.6 Å². The Morgan fingerprint density at radius 2 is 1.96 bits per heavy atom. The first-order chi connectivity index (χ1) is 22.4. The third-order valence-electron chi connectivity index (χ3n) is 9.43. The molecule has 2 fully saturated rings. The van der Waals surface area contributed by atoms with Crippen LogP contribution in [0.3, 0.4) is 0 Å². The molecule has 4 bridgehead atoms. The lowest BCUT2D eigenvalue weighted by Crippen LogP contribution is -2.57. The predicted octanol–water partition coefficient (Wildman–Crippen LogP) is 4.41. The Kier molecular flexibility index (Phi) is 13.2. The van der Waals surface area contributed by atoms with Crippen molar-refractivity contribution in [2.45, 2.75) is 103 Å². The molecule has 0 aromatic heterocycles. The van der Waals surface area contributed by atoms with Crippen LogP contribution in [0.1, 0.15) is 70.9 Å². The molecule has 3 aliphatic heterocycles. The number of alkyl carbamates (subject to hydrolysis) is 1. The molecule has 2 saturated heterocycles. The van der Waals surface area contributed by atoms with E-state index >= 15 is 0 Å². The van der Waals surface area contributed by atoms with E-state index in [1.54, 1.807) is 19.1 Å². The van der Waals surface area contributed by atoms with Crippen LogP contribution in [0.15, 0.2) is 35.9 Å². The smallest absolute Gasteiger partial charge is 0.409 e. The van der Waals surface area contributed by atoms with Crippen LogP contribution in [0.2, 0.25) is 0 Å². The first-order valence-electron chi connectivity index (χ1n) is 16.2. The number of carboxylic acid groups (broad SMARTS) is 1. The molecule has 1 aromatic rings. The second-order valence-corrected chi connectivity index (χ2v) is 13.7. The maximum Gasteiger partial charge on any atom is 0.409 e. The number of epoxide rings is 1. The van der Waals surface area contributed by atoms with Gasteiger partial charge in [0.2, 0.25) is 11.8 Å². The SMILES string of the molecule is COc1cc2cc(c1C)N(C)C(=O)CC[C@]1(C)O[C@H]1[C@H](C)[C@@H]1C[C@](O)(C/C=C/C=C(\C)C2)NC(=O)O1.C[C@@H](C(=O)O)N(C)C(=O)CCS. The highest BCUT2D eigenvalue weighted by molar-refractivity contribution is 7.80. The number of carboxylic acids is 1. The molecule has 3 amide bonds. The first kappa shape index (κ1) is 38.9. The van der Waals surface area contributed by atoms with E-state index in [0.717, 1.165) is 28.1 Å². The number of nitrogens with one attached hydrogen (secondary N) is 1. The molecule has 3 aliphatic rings. The van der Waals surface area contributed by atoms with Crippen LogP contribution < -0.4 is 15.0 Å². The summed E-state index contributed by atoms with van der Waals surface area (Å²) in [7, 11) is 4.92. The van der Waals surface area contributed by atoms with Crippen molar-refractivity contribution in [3.8, 4) is 5.75 Å². The van der Waals surface area contributed by atoms with Crippen molar-refractivity contribution in [3.63, 3.8) is 0 Å². The molecule has 266 valence electrons. The fourth-order valence-electron chi connectivity index (χ4n) is 6.10. The van der Waals surface area contributed by atoms with E-state index < -0.39 is 35.5 Å². The Morgan fingerprint density at radius 1 is 1.27 bits per heavy atom. The third-order valence-corrected chi connectivity index (χ3v) is 9.66. The Morgan fingerprint density at radius 3 is 2.58 bits per heavy atom. The number of fused-ring (bicyclic) bond motifs is 5. The van der Waals surface area contributed by atoms with Crippen LogP contribution in [0.5, 0.6) is 5.75 Å². The normalized spacial score (nSPS) is 29.8. The van der Waals surface area contributed by atoms with Crippen molar-refractivity contribution >= 4 is 42.2 Å². The molecule has 0 unspecified atom stereocenters. The fourth-order valence-corrected chi connectivity index (χ4v) is 6.29. The number of amides is 3. The molecule has 13 heteroatoms. The van der Waals surface area contributed by atoms with Gasteiger partial charge < -0.3 is 34.2 Å². The average molecular weight is 690 g/mol. The molecule has 0 saturated carbocycles. The number of carbonyl (C=O) groups is 4. The molecular weight excluding hydrogens is 638 g/mol. The predicted molar refractivity (Wildman–Crippen MR) is 185 cm³/mol. The second-order valence-electron chi connectivity index (χ2n) is 13.2. The van der Waals surface area contributed by atoms with Crippen LogP contribution in [0, 0.1) is 12.8 Å². The van der Waals surface area contributed by atoms with Crippen molar-refractivity contribution in [1.82, 2.24) is 10.2 Å². The minimum Gasteiger partial charge on any atom is -0.496 e. The van der Waals surface area contributed by atoms with Gasteiger partial charge in [-0.15, -0.1) is 0 Å². The number of benzene rings is 1. The van der Waals surface area contributed by atoms with Gasteiger partial charge in [0, 0.05) is 51.3 Å². The number of aliphatic hydroxyl groups is 1. The molecule has 0 aliphatic carbocycles. The molecular formula is C35H51N3O9S. The molecule has 48 heavy (non-hydrogen) atoms. The topological polar surface area (TPSA) is 158 Å². The zero-order valence-corrected chi connectivity index (χ0v) is 30.1. The molecule has 0 radical (unpaired) electrons. The lowest BCUT2D eigenvalue weighted by Gasteiger charge is -2.38. The molecule has 0 spiro atoms. The highest BCUT2D eigenvalue weighted by Gasteiger charge is 2.58. The summed E-state index contributed by atoms with van der Waals surface area (Å²) in [5.41, 5.74) is 2.02. The minimum atomic E-state index is -1.39. The van der Waals surface area contributed by atoms with E-state index in [9.17, 15) is 24.3 Å². The lowest BCUT2D eigenvalue weighted by molar-refractivity contribution is -0.148. The van der Waals surface area contributed by atoms with E-state index in [-0.39, 0.29) is 43.1 Å². The fraction of sp³-hybridized carbons (Fsp3) is 0.600.